The van der Waals surface area contributed by atoms with Crippen LogP contribution < -0.4 is 5.32 Å². The van der Waals surface area contributed by atoms with Crippen molar-refractivity contribution in [2.24, 2.45) is 11.8 Å². The van der Waals surface area contributed by atoms with Crippen LogP contribution in [0.4, 0.5) is 0 Å². The van der Waals surface area contributed by atoms with Crippen LogP contribution in [0.15, 0.2) is 12.4 Å². The summed E-state index contributed by atoms with van der Waals surface area (Å²) in [6, 6.07) is 0.711. The largest absolute Gasteiger partial charge is 0.312 e. The molecule has 3 unspecified atom stereocenters. The fourth-order valence-electron chi connectivity index (χ4n) is 2.92. The first-order valence-electron chi connectivity index (χ1n) is 6.87. The Kier molecular flexibility index (Phi) is 4.21. The molecule has 0 aliphatic heterocycles. The van der Waals surface area contributed by atoms with E-state index in [9.17, 15) is 0 Å². The van der Waals surface area contributed by atoms with Gasteiger partial charge in [-0.15, -0.1) is 0 Å². The first-order valence-corrected chi connectivity index (χ1v) is 6.87. The van der Waals surface area contributed by atoms with Crippen molar-refractivity contribution in [1.82, 2.24) is 15.1 Å². The molecule has 1 aliphatic rings. The Labute approximate surface area is 105 Å². The molecule has 0 radical (unpaired) electrons. The molecule has 2 rings (SSSR count). The summed E-state index contributed by atoms with van der Waals surface area (Å²) in [5.74, 6) is 1.73. The maximum Gasteiger partial charge on any atom is 0.0534 e. The molecule has 1 N–H and O–H groups in total. The SMILES string of the molecule is Cc1cnn(CCNC2CCC(C)CC2C)c1. The Hall–Kier alpha value is -0.830. The molecule has 3 nitrogen and oxygen atoms in total. The quantitative estimate of drug-likeness (QED) is 0.869. The summed E-state index contributed by atoms with van der Waals surface area (Å²) in [5.41, 5.74) is 1.24. The Morgan fingerprint density at radius 3 is 2.88 bits per heavy atom. The van der Waals surface area contributed by atoms with Gasteiger partial charge in [-0.05, 0) is 43.6 Å². The lowest BCUT2D eigenvalue weighted by atomic mass is 9.80. The minimum atomic E-state index is 0.711. The molecule has 1 fully saturated rings. The highest BCUT2D eigenvalue weighted by Gasteiger charge is 2.24. The third kappa shape index (κ3) is 3.56. The number of nitrogens with one attached hydrogen (secondary N) is 1. The monoisotopic (exact) mass is 235 g/mol. The van der Waals surface area contributed by atoms with Gasteiger partial charge in [0, 0.05) is 18.8 Å². The normalized spacial score (nSPS) is 29.5. The van der Waals surface area contributed by atoms with E-state index in [1.165, 1.54) is 24.8 Å². The molecule has 1 aliphatic carbocycles. The Morgan fingerprint density at radius 2 is 2.24 bits per heavy atom. The van der Waals surface area contributed by atoms with E-state index in [4.69, 9.17) is 0 Å². The summed E-state index contributed by atoms with van der Waals surface area (Å²) in [6.07, 6.45) is 8.11. The van der Waals surface area contributed by atoms with Gasteiger partial charge in [0.1, 0.15) is 0 Å². The molecular weight excluding hydrogens is 210 g/mol. The molecule has 1 aromatic heterocycles. The van der Waals surface area contributed by atoms with E-state index < -0.39 is 0 Å². The minimum absolute atomic E-state index is 0.711. The molecule has 17 heavy (non-hydrogen) atoms. The van der Waals surface area contributed by atoms with Crippen LogP contribution in [0.25, 0.3) is 0 Å². The van der Waals surface area contributed by atoms with Crippen molar-refractivity contribution < 1.29 is 0 Å². The fourth-order valence-corrected chi connectivity index (χ4v) is 2.92. The van der Waals surface area contributed by atoms with Crippen molar-refractivity contribution in [3.63, 3.8) is 0 Å². The predicted molar refractivity (Wildman–Crippen MR) is 70.9 cm³/mol. The second-order valence-electron chi connectivity index (χ2n) is 5.74. The standard InChI is InChI=1S/C14H25N3/c1-11-4-5-14(13(3)8-11)15-6-7-17-10-12(2)9-16-17/h9-11,13-15H,4-8H2,1-3H3. The first kappa shape index (κ1) is 12.6. The zero-order chi connectivity index (χ0) is 12.3. The van der Waals surface area contributed by atoms with Crippen LogP contribution in [-0.4, -0.2) is 22.4 Å². The van der Waals surface area contributed by atoms with Crippen molar-refractivity contribution in [2.75, 3.05) is 6.54 Å². The molecule has 0 amide bonds. The van der Waals surface area contributed by atoms with Crippen molar-refractivity contribution in [3.05, 3.63) is 18.0 Å². The van der Waals surface area contributed by atoms with E-state index in [1.54, 1.807) is 0 Å². The van der Waals surface area contributed by atoms with Crippen molar-refractivity contribution in [3.8, 4) is 0 Å². The van der Waals surface area contributed by atoms with Gasteiger partial charge in [-0.3, -0.25) is 4.68 Å². The summed E-state index contributed by atoms with van der Waals surface area (Å²) in [6.45, 7) is 8.85. The molecule has 0 spiro atoms. The van der Waals surface area contributed by atoms with Crippen LogP contribution in [-0.2, 0) is 6.54 Å². The molecule has 96 valence electrons. The van der Waals surface area contributed by atoms with Crippen LogP contribution in [0.5, 0.6) is 0 Å². The molecule has 1 aromatic rings. The zero-order valence-corrected chi connectivity index (χ0v) is 11.3. The lowest BCUT2D eigenvalue weighted by Crippen LogP contribution is -2.40. The van der Waals surface area contributed by atoms with E-state index >= 15 is 0 Å². The molecule has 0 aromatic carbocycles. The molecule has 1 heterocycles. The molecule has 3 atom stereocenters. The lowest BCUT2D eigenvalue weighted by Gasteiger charge is -2.33. The highest BCUT2D eigenvalue weighted by Crippen LogP contribution is 2.28. The smallest absolute Gasteiger partial charge is 0.0534 e. The molecular formula is C14H25N3. The minimum Gasteiger partial charge on any atom is -0.312 e. The van der Waals surface area contributed by atoms with E-state index in [1.807, 2.05) is 10.9 Å². The third-order valence-electron chi connectivity index (χ3n) is 3.94. The van der Waals surface area contributed by atoms with Gasteiger partial charge in [-0.1, -0.05) is 13.8 Å². The molecule has 1 saturated carbocycles. The van der Waals surface area contributed by atoms with Crippen molar-refractivity contribution in [2.45, 2.75) is 52.6 Å². The van der Waals surface area contributed by atoms with Gasteiger partial charge in [0.05, 0.1) is 12.7 Å². The summed E-state index contributed by atoms with van der Waals surface area (Å²) >= 11 is 0. The van der Waals surface area contributed by atoms with Crippen LogP contribution in [0.3, 0.4) is 0 Å². The first-order chi connectivity index (χ1) is 8.15. The second-order valence-corrected chi connectivity index (χ2v) is 5.74. The van der Waals surface area contributed by atoms with Crippen LogP contribution in [0.1, 0.15) is 38.7 Å². The number of aromatic nitrogens is 2. The number of aryl methyl sites for hydroxylation is 1. The van der Waals surface area contributed by atoms with Gasteiger partial charge in [0.25, 0.3) is 0 Å². The summed E-state index contributed by atoms with van der Waals surface area (Å²) in [7, 11) is 0. The average molecular weight is 235 g/mol. The Morgan fingerprint density at radius 1 is 1.41 bits per heavy atom. The van der Waals surface area contributed by atoms with Gasteiger partial charge in [-0.2, -0.15) is 5.10 Å². The van der Waals surface area contributed by atoms with Crippen LogP contribution >= 0.6 is 0 Å². The third-order valence-corrected chi connectivity index (χ3v) is 3.94. The number of nitrogens with zero attached hydrogens (tertiary/aromatic N) is 2. The maximum absolute atomic E-state index is 4.31. The van der Waals surface area contributed by atoms with E-state index in [2.05, 4.69) is 37.4 Å². The molecule has 3 heteroatoms. The van der Waals surface area contributed by atoms with E-state index in [0.29, 0.717) is 6.04 Å². The van der Waals surface area contributed by atoms with Crippen molar-refractivity contribution in [1.29, 1.82) is 0 Å². The highest BCUT2D eigenvalue weighted by atomic mass is 15.3. The fraction of sp³-hybridized carbons (Fsp3) is 0.786. The van der Waals surface area contributed by atoms with Crippen LogP contribution in [0.2, 0.25) is 0 Å². The predicted octanol–water partition coefficient (Wildman–Crippen LogP) is 2.61. The van der Waals surface area contributed by atoms with Gasteiger partial charge in [0.2, 0.25) is 0 Å². The topological polar surface area (TPSA) is 29.9 Å². The second kappa shape index (κ2) is 5.67. The average Bonchev–Trinajstić information content (AvgIpc) is 2.68. The summed E-state index contributed by atoms with van der Waals surface area (Å²) < 4.78 is 2.03. The number of hydrogen-bond donors (Lipinski definition) is 1. The molecule has 0 bridgehead atoms. The Balaban J connectivity index is 1.71. The Bertz CT molecular complexity index is 345. The lowest BCUT2D eigenvalue weighted by molar-refractivity contribution is 0.226. The summed E-state index contributed by atoms with van der Waals surface area (Å²) in [5, 5.41) is 7.99. The zero-order valence-electron chi connectivity index (χ0n) is 11.3. The summed E-state index contributed by atoms with van der Waals surface area (Å²) in [4.78, 5) is 0. The highest BCUT2D eigenvalue weighted by molar-refractivity contribution is 4.99. The van der Waals surface area contributed by atoms with Gasteiger partial charge in [0.15, 0.2) is 0 Å². The van der Waals surface area contributed by atoms with Gasteiger partial charge in [-0.25, -0.2) is 0 Å². The van der Waals surface area contributed by atoms with Gasteiger partial charge >= 0.3 is 0 Å². The van der Waals surface area contributed by atoms with Crippen LogP contribution in [0, 0.1) is 18.8 Å². The maximum atomic E-state index is 4.31. The van der Waals surface area contributed by atoms with Crippen molar-refractivity contribution >= 4 is 0 Å². The van der Waals surface area contributed by atoms with E-state index in [0.717, 1.165) is 24.9 Å². The van der Waals surface area contributed by atoms with E-state index in [-0.39, 0.29) is 0 Å². The number of hydrogen-bond acceptors (Lipinski definition) is 2. The molecule has 0 saturated heterocycles. The number of rotatable bonds is 4. The van der Waals surface area contributed by atoms with Gasteiger partial charge < -0.3 is 5.32 Å².